The predicted molar refractivity (Wildman–Crippen MR) is 256 cm³/mol. The maximum atomic E-state index is 11.1. The molecule has 3 amide bonds. The van der Waals surface area contributed by atoms with E-state index in [1.807, 2.05) is 45.5 Å². The summed E-state index contributed by atoms with van der Waals surface area (Å²) in [6, 6.07) is 0. The van der Waals surface area contributed by atoms with Crippen LogP contribution < -0.4 is 16.0 Å². The fourth-order valence-electron chi connectivity index (χ4n) is 3.68. The summed E-state index contributed by atoms with van der Waals surface area (Å²) in [5, 5.41) is 26.8. The van der Waals surface area contributed by atoms with Gasteiger partial charge in [-0.2, -0.15) is 31.0 Å². The zero-order valence-corrected chi connectivity index (χ0v) is 50.2. The van der Waals surface area contributed by atoms with Crippen molar-refractivity contribution in [2.75, 3.05) is 105 Å². The van der Waals surface area contributed by atoms with E-state index in [1.165, 1.54) is 0 Å². The second kappa shape index (κ2) is 72.8. The second-order valence-corrected chi connectivity index (χ2v) is 11.7. The van der Waals surface area contributed by atoms with Gasteiger partial charge in [-0.25, -0.2) is 13.8 Å². The Morgan fingerprint density at radius 3 is 1.20 bits per heavy atom. The number of carbonyl (C=O) groups is 3. The van der Waals surface area contributed by atoms with Gasteiger partial charge in [0.1, 0.15) is 0 Å². The van der Waals surface area contributed by atoms with Gasteiger partial charge in [-0.15, -0.1) is 0 Å². The van der Waals surface area contributed by atoms with Gasteiger partial charge in [0.05, 0.1) is 79.3 Å². The van der Waals surface area contributed by atoms with E-state index in [-0.39, 0.29) is 80.9 Å². The van der Waals surface area contributed by atoms with Crippen molar-refractivity contribution < 1.29 is 106 Å². The summed E-state index contributed by atoms with van der Waals surface area (Å²) < 4.78 is 35.1. The number of azide groups is 1. The quantitative estimate of drug-likeness (QED) is 0.0244. The van der Waals surface area contributed by atoms with Gasteiger partial charge in [-0.1, -0.05) is 73.9 Å². The number of nitrogens with one attached hydrogen (secondary N) is 3. The standard InChI is InChI=1S/C13H23N4O3.C12H21N4O3.C9H18N4O3.3C3H3.C2H6.3W/c1-3-4-13(18)14-5-7-19-9-10-20-8-6-17-11-12(2)15-16-17;1-3-12(17)13-4-6-18-8-9-19-7-5-16-10-11(2)14-15-16;1-2-9(14)11-3-5-15-7-8-16-6-4-12-13-10;3*1-3-2;1-2;;;/h11H,2-10H2,1H3,(H,14,18);10H,2-9H2,1H3,(H,13,17);2-8H2,1H3,(H,11,14);3*1H,2H2;1-2H3;;;/q2*-1;;3*-1;;;2*+2. The summed E-state index contributed by atoms with van der Waals surface area (Å²) in [4.78, 5) is 35.5. The maximum Gasteiger partial charge on any atom is 2.00 e. The van der Waals surface area contributed by atoms with Gasteiger partial charge in [0, 0.05) is 84.5 Å². The minimum Gasteiger partial charge on any atom is -0.379 e. The fourth-order valence-corrected chi connectivity index (χ4v) is 3.68. The minimum atomic E-state index is 0. The minimum absolute atomic E-state index is 0. The Bertz CT molecular complexity index is 1540. The van der Waals surface area contributed by atoms with Crippen LogP contribution in [0.3, 0.4) is 0 Å². The fraction of sp³-hybridized carbons (Fsp3) is 0.600. The van der Waals surface area contributed by atoms with Crippen molar-refractivity contribution in [2.45, 2.75) is 73.4 Å². The van der Waals surface area contributed by atoms with Crippen molar-refractivity contribution in [3.05, 3.63) is 68.8 Å². The largest absolute Gasteiger partial charge is 2.00 e. The van der Waals surface area contributed by atoms with Gasteiger partial charge in [0.15, 0.2) is 0 Å². The SMILES string of the molecule is C#C[CH2-].C#C[CH2-].C#C[CH2-].CC.CCC(=O)NCCOCCOCCN=[N+]=[N-].[CH2-]c1cn(CCOCCOCCNC(=O)CC)nn1.[CH2-]c1cn(CCOCCOCCNC(=O)CCC)nn1.[W+2].[W+2].[W]. The number of ether oxygens (including phenoxy) is 6. The third-order valence-corrected chi connectivity index (χ3v) is 6.44. The maximum absolute atomic E-state index is 11.1. The van der Waals surface area contributed by atoms with Gasteiger partial charge < -0.3 is 90.8 Å². The number of aromatic nitrogens is 6. The summed E-state index contributed by atoms with van der Waals surface area (Å²) in [6.07, 6.45) is 19.4. The van der Waals surface area contributed by atoms with E-state index in [1.54, 1.807) is 28.7 Å². The summed E-state index contributed by atoms with van der Waals surface area (Å²) in [7, 11) is 0. The van der Waals surface area contributed by atoms with Crippen LogP contribution in [0.25, 0.3) is 10.4 Å². The third kappa shape index (κ3) is 75.6. The molecule has 0 atom stereocenters. The monoisotopic (exact) mass is 1480 g/mol. The summed E-state index contributed by atoms with van der Waals surface area (Å²) >= 11 is 0. The van der Waals surface area contributed by atoms with Crippen molar-refractivity contribution in [3.63, 3.8) is 0 Å². The van der Waals surface area contributed by atoms with Gasteiger partial charge >= 0.3 is 42.1 Å². The molecule has 0 aliphatic rings. The van der Waals surface area contributed by atoms with Gasteiger partial charge in [0.2, 0.25) is 17.7 Å². The van der Waals surface area contributed by atoms with Gasteiger partial charge in [0.25, 0.3) is 0 Å². The molecule has 2 rings (SSSR count). The molecule has 0 aliphatic heterocycles. The Hall–Kier alpha value is -4.15. The molecule has 0 saturated heterocycles. The van der Waals surface area contributed by atoms with Crippen molar-refractivity contribution in [3.8, 4) is 37.0 Å². The number of nitrogens with zero attached hydrogens (tertiary/aromatic N) is 9. The van der Waals surface area contributed by atoms with Crippen LogP contribution in [0, 0.1) is 71.7 Å². The molecule has 2 heterocycles. The third-order valence-electron chi connectivity index (χ3n) is 6.44. The Morgan fingerprint density at radius 2 is 0.928 bits per heavy atom. The van der Waals surface area contributed by atoms with Gasteiger partial charge in [-0.05, 0) is 12.0 Å². The Morgan fingerprint density at radius 1 is 0.623 bits per heavy atom. The van der Waals surface area contributed by atoms with Crippen LogP contribution in [0.15, 0.2) is 17.5 Å². The Balaban J connectivity index is -0.000000120. The molecular weight excluding hydrogens is 1400 g/mol. The number of carbonyl (C=O) groups excluding carboxylic acids is 3. The van der Waals surface area contributed by atoms with E-state index in [9.17, 15) is 14.4 Å². The smallest absolute Gasteiger partial charge is 0.379 e. The normalized spacial score (nSPS) is 8.61. The molecule has 3 N–H and O–H groups in total. The Kier molecular flexibility index (Phi) is 86.3. The number of hydrogen-bond acceptors (Lipinski definition) is 14. The van der Waals surface area contributed by atoms with Crippen LogP contribution >= 0.6 is 0 Å². The van der Waals surface area contributed by atoms with Crippen LogP contribution in [0.4, 0.5) is 0 Å². The number of rotatable bonds is 31. The second-order valence-electron chi connectivity index (χ2n) is 11.7. The van der Waals surface area contributed by atoms with E-state index >= 15 is 0 Å². The molecule has 0 aromatic carbocycles. The first-order chi connectivity index (χ1) is 32.0. The summed E-state index contributed by atoms with van der Waals surface area (Å²) in [5.74, 6) is 6.14. The molecule has 0 fully saturated rings. The van der Waals surface area contributed by atoms with Crippen molar-refractivity contribution in [1.82, 2.24) is 45.9 Å². The molecule has 0 bridgehead atoms. The van der Waals surface area contributed by atoms with Gasteiger partial charge in [-0.3, -0.25) is 14.4 Å². The first kappa shape index (κ1) is 81.8. The number of hydrogen-bond donors (Lipinski definition) is 3. The molecule has 0 saturated carbocycles. The molecular formula is C45H77N12O9W3-. The first-order valence-electron chi connectivity index (χ1n) is 21.4. The van der Waals surface area contributed by atoms with E-state index in [4.69, 9.17) is 34.0 Å². The zero-order valence-electron chi connectivity index (χ0n) is 41.4. The number of terminal acetylenes is 3. The molecule has 0 aliphatic carbocycles. The van der Waals surface area contributed by atoms with Crippen LogP contribution in [-0.4, -0.2) is 153 Å². The molecule has 0 spiro atoms. The molecule has 21 nitrogen and oxygen atoms in total. The summed E-state index contributed by atoms with van der Waals surface area (Å²) in [6.45, 7) is 35.2. The van der Waals surface area contributed by atoms with Crippen molar-refractivity contribution >= 4 is 17.7 Å². The average Bonchev–Trinajstić information content (AvgIpc) is 3.93. The van der Waals surface area contributed by atoms with Crippen molar-refractivity contribution in [1.29, 1.82) is 0 Å². The van der Waals surface area contributed by atoms with Crippen LogP contribution in [-0.2, 0) is 119 Å². The topological polar surface area (TPSA) is 253 Å². The number of amides is 3. The van der Waals surface area contributed by atoms with E-state index in [2.05, 4.69) is 100 Å². The molecule has 0 unspecified atom stereocenters. The molecule has 2 aromatic heterocycles. The summed E-state index contributed by atoms with van der Waals surface area (Å²) in [5.41, 5.74) is 9.28. The molecule has 390 valence electrons. The zero-order chi connectivity index (χ0) is 50.7. The predicted octanol–water partition coefficient (Wildman–Crippen LogP) is 3.67. The Labute approximate surface area is 456 Å². The first-order valence-corrected chi connectivity index (χ1v) is 21.4. The molecule has 0 radical (unpaired) electrons. The van der Waals surface area contributed by atoms with Crippen LogP contribution in [0.1, 0.15) is 71.7 Å². The molecule has 2 aromatic rings. The van der Waals surface area contributed by atoms with E-state index in [0.29, 0.717) is 149 Å². The van der Waals surface area contributed by atoms with E-state index < -0.39 is 0 Å². The van der Waals surface area contributed by atoms with Crippen LogP contribution in [0.2, 0.25) is 0 Å². The van der Waals surface area contributed by atoms with Crippen molar-refractivity contribution in [2.24, 2.45) is 5.11 Å². The molecule has 24 heteroatoms. The van der Waals surface area contributed by atoms with E-state index in [0.717, 1.165) is 6.42 Å². The molecule has 69 heavy (non-hydrogen) atoms. The van der Waals surface area contributed by atoms with Crippen LogP contribution in [0.5, 0.6) is 0 Å². The average molecular weight is 1480 g/mol.